The maximum absolute atomic E-state index is 14.5. The number of rotatable bonds is 13. The predicted octanol–water partition coefficient (Wildman–Crippen LogP) is 4.53. The van der Waals surface area contributed by atoms with Crippen LogP contribution < -0.4 is 15.5 Å². The molecule has 3 aromatic carbocycles. The molecule has 50 heavy (non-hydrogen) atoms. The van der Waals surface area contributed by atoms with Crippen LogP contribution in [0, 0.1) is 11.7 Å². The summed E-state index contributed by atoms with van der Waals surface area (Å²) >= 11 is 0. The molecule has 0 radical (unpaired) electrons. The van der Waals surface area contributed by atoms with E-state index in [9.17, 15) is 23.2 Å². The van der Waals surface area contributed by atoms with Gasteiger partial charge < -0.3 is 20.3 Å². The van der Waals surface area contributed by atoms with Gasteiger partial charge in [-0.2, -0.15) is 5.10 Å². The summed E-state index contributed by atoms with van der Waals surface area (Å²) in [6.07, 6.45) is 0. The first kappa shape index (κ1) is 34.7. The Balaban J connectivity index is 1.41. The number of carbonyl (C=O) groups excluding carboxylic acids is 3. The minimum atomic E-state index is -1.14. The van der Waals surface area contributed by atoms with E-state index in [-0.39, 0.29) is 24.6 Å². The van der Waals surface area contributed by atoms with E-state index in [1.165, 1.54) is 18.2 Å². The number of nitrogens with one attached hydrogen (secondary N) is 2. The minimum Gasteiger partial charge on any atom is -0.381 e. The number of benzene rings is 3. The number of aromatic nitrogens is 2. The lowest BCUT2D eigenvalue weighted by atomic mass is 9.80. The second kappa shape index (κ2) is 15.1. The van der Waals surface area contributed by atoms with E-state index < -0.39 is 36.3 Å². The zero-order valence-electron chi connectivity index (χ0n) is 28.1. The smallest absolute Gasteiger partial charge is 0.251 e. The number of carbonyl (C=O) groups is 3. The van der Waals surface area contributed by atoms with Gasteiger partial charge in [0, 0.05) is 48.2 Å². The number of ether oxygens (including phenoxy) is 1. The van der Waals surface area contributed by atoms with E-state index in [2.05, 4.69) is 17.2 Å². The zero-order chi connectivity index (χ0) is 35.4. The molecule has 2 aliphatic rings. The van der Waals surface area contributed by atoms with E-state index in [0.29, 0.717) is 65.1 Å². The summed E-state index contributed by atoms with van der Waals surface area (Å²) in [5.41, 5.74) is 3.20. The number of nitrogens with zero attached hydrogens (tertiary/aromatic N) is 4. The number of hydrogen-bond donors (Lipinski definition) is 2. The van der Waals surface area contributed by atoms with Gasteiger partial charge in [-0.25, -0.2) is 13.5 Å². The Morgan fingerprint density at radius 2 is 1.80 bits per heavy atom. The van der Waals surface area contributed by atoms with Crippen LogP contribution in [0.25, 0.3) is 5.69 Å². The Bertz CT molecular complexity index is 1880. The summed E-state index contributed by atoms with van der Waals surface area (Å²) in [6.45, 7) is 7.89. The van der Waals surface area contributed by atoms with Crippen LogP contribution in [0.3, 0.4) is 0 Å². The molecule has 2 aliphatic heterocycles. The molecule has 0 unspecified atom stereocenters. The lowest BCUT2D eigenvalue weighted by Gasteiger charge is -2.38. The SMILES string of the molecule is C=C(CN(C)CC1COC1)C(=O)NCc1nn(-c2ccccc2)c2c1[C@H](c1ccc(F)cc1)[C@H](NC(=O)c1cccc(CF)c1)C(=O)N2CC. The minimum absolute atomic E-state index is 0.0111. The lowest BCUT2D eigenvalue weighted by Crippen LogP contribution is -2.55. The molecule has 3 amide bonds. The van der Waals surface area contributed by atoms with Crippen molar-refractivity contribution in [2.24, 2.45) is 5.92 Å². The van der Waals surface area contributed by atoms with E-state index >= 15 is 0 Å². The quantitative estimate of drug-likeness (QED) is 0.201. The fourth-order valence-corrected chi connectivity index (χ4v) is 6.59. The van der Waals surface area contributed by atoms with Crippen molar-refractivity contribution in [2.75, 3.05) is 44.8 Å². The third kappa shape index (κ3) is 7.22. The highest BCUT2D eigenvalue weighted by molar-refractivity contribution is 6.05. The number of fused-ring (bicyclic) bond motifs is 1. The summed E-state index contributed by atoms with van der Waals surface area (Å²) in [5.74, 6) is -1.69. The average Bonchev–Trinajstić information content (AvgIpc) is 3.48. The van der Waals surface area contributed by atoms with Gasteiger partial charge in [0.05, 0.1) is 31.1 Å². The molecule has 10 nitrogen and oxygen atoms in total. The third-order valence-corrected chi connectivity index (χ3v) is 9.06. The van der Waals surface area contributed by atoms with Gasteiger partial charge in [-0.3, -0.25) is 19.3 Å². The molecule has 3 heterocycles. The highest BCUT2D eigenvalue weighted by Crippen LogP contribution is 2.43. The van der Waals surface area contributed by atoms with Crippen molar-refractivity contribution in [3.63, 3.8) is 0 Å². The number of anilines is 1. The number of para-hydroxylation sites is 1. The molecule has 0 aliphatic carbocycles. The topological polar surface area (TPSA) is 109 Å². The van der Waals surface area contributed by atoms with E-state index in [0.717, 1.165) is 6.54 Å². The van der Waals surface area contributed by atoms with Gasteiger partial charge in [-0.1, -0.05) is 49.0 Å². The van der Waals surface area contributed by atoms with Crippen molar-refractivity contribution >= 4 is 23.5 Å². The first-order valence-corrected chi connectivity index (χ1v) is 16.6. The molecule has 12 heteroatoms. The molecule has 6 rings (SSSR count). The summed E-state index contributed by atoms with van der Waals surface area (Å²) in [4.78, 5) is 45.1. The highest BCUT2D eigenvalue weighted by atomic mass is 19.1. The molecular weight excluding hydrogens is 642 g/mol. The maximum atomic E-state index is 14.5. The third-order valence-electron chi connectivity index (χ3n) is 9.06. The second-order valence-corrected chi connectivity index (χ2v) is 12.7. The number of halogens is 2. The Morgan fingerprint density at radius 1 is 1.06 bits per heavy atom. The second-order valence-electron chi connectivity index (χ2n) is 12.7. The molecule has 2 atom stereocenters. The van der Waals surface area contributed by atoms with Gasteiger partial charge in [0.1, 0.15) is 24.4 Å². The van der Waals surface area contributed by atoms with Crippen LogP contribution in [0.5, 0.6) is 0 Å². The fraction of sp³-hybridized carbons (Fsp3) is 0.316. The lowest BCUT2D eigenvalue weighted by molar-refractivity contribution is -0.121. The van der Waals surface area contributed by atoms with Crippen LogP contribution >= 0.6 is 0 Å². The molecule has 0 spiro atoms. The van der Waals surface area contributed by atoms with Crippen LogP contribution in [-0.2, 0) is 27.5 Å². The fourth-order valence-electron chi connectivity index (χ4n) is 6.59. The number of hydrogen-bond acceptors (Lipinski definition) is 6. The van der Waals surface area contributed by atoms with Crippen molar-refractivity contribution in [1.82, 2.24) is 25.3 Å². The molecule has 1 aromatic heterocycles. The number of alkyl halides is 1. The van der Waals surface area contributed by atoms with Crippen LogP contribution in [0.4, 0.5) is 14.6 Å². The van der Waals surface area contributed by atoms with Crippen LogP contribution in [0.15, 0.2) is 91.0 Å². The summed E-state index contributed by atoms with van der Waals surface area (Å²) in [6, 6.07) is 20.1. The molecule has 260 valence electrons. The Labute approximate surface area is 289 Å². The largest absolute Gasteiger partial charge is 0.381 e. The van der Waals surface area contributed by atoms with Gasteiger partial charge in [0.25, 0.3) is 11.8 Å². The Hall–Kier alpha value is -5.20. The molecule has 4 aromatic rings. The first-order chi connectivity index (χ1) is 24.2. The van der Waals surface area contributed by atoms with E-state index in [1.807, 2.05) is 49.2 Å². The normalized spacial score (nSPS) is 17.3. The van der Waals surface area contributed by atoms with Gasteiger partial charge in [-0.05, 0) is 61.5 Å². The van der Waals surface area contributed by atoms with E-state index in [1.54, 1.807) is 39.9 Å². The van der Waals surface area contributed by atoms with Gasteiger partial charge in [-0.15, -0.1) is 0 Å². The molecule has 0 saturated carbocycles. The zero-order valence-corrected chi connectivity index (χ0v) is 28.1. The van der Waals surface area contributed by atoms with Crippen molar-refractivity contribution in [3.8, 4) is 5.69 Å². The standard InChI is InChI=1S/C38H40F2N6O4/c1-4-45-37-33(32(27-13-15-29(40)16-14-27)34(38(45)49)42-36(48)28-10-8-9-25(17-28)18-39)31(43-46(37)30-11-6-5-7-12-30)19-41-35(47)24(2)20-44(3)21-26-22-50-23-26/h5-17,26,32,34H,2,4,18-23H2,1,3H3,(H,41,47)(H,42,48)/t32-,34-/m0/s1. The summed E-state index contributed by atoms with van der Waals surface area (Å²) in [7, 11) is 1.93. The summed E-state index contributed by atoms with van der Waals surface area (Å²) in [5, 5.41) is 10.8. The van der Waals surface area contributed by atoms with Gasteiger partial charge >= 0.3 is 0 Å². The maximum Gasteiger partial charge on any atom is 0.251 e. The highest BCUT2D eigenvalue weighted by Gasteiger charge is 2.46. The number of likely N-dealkylation sites (N-methyl/N-ethyl adjacent to an activating group) is 2. The monoisotopic (exact) mass is 682 g/mol. The van der Waals surface area contributed by atoms with Crippen LogP contribution in [-0.4, -0.2) is 78.3 Å². The van der Waals surface area contributed by atoms with Crippen molar-refractivity contribution < 1.29 is 27.9 Å². The Morgan fingerprint density at radius 3 is 2.46 bits per heavy atom. The van der Waals surface area contributed by atoms with Crippen LogP contribution in [0.1, 0.15) is 45.6 Å². The Kier molecular flexibility index (Phi) is 10.5. The molecule has 0 bridgehead atoms. The molecular formula is C38H40F2N6O4. The molecule has 2 N–H and O–H groups in total. The molecule has 1 fully saturated rings. The van der Waals surface area contributed by atoms with Crippen molar-refractivity contribution in [2.45, 2.75) is 32.1 Å². The molecule has 1 saturated heterocycles. The number of amides is 3. The predicted molar refractivity (Wildman–Crippen MR) is 185 cm³/mol. The van der Waals surface area contributed by atoms with Crippen molar-refractivity contribution in [1.29, 1.82) is 0 Å². The average molecular weight is 683 g/mol. The van der Waals surface area contributed by atoms with E-state index in [4.69, 9.17) is 9.84 Å². The van der Waals surface area contributed by atoms with Gasteiger partial charge in [0.15, 0.2) is 0 Å². The van der Waals surface area contributed by atoms with Crippen molar-refractivity contribution in [3.05, 3.63) is 125 Å². The van der Waals surface area contributed by atoms with Crippen LogP contribution in [0.2, 0.25) is 0 Å². The first-order valence-electron chi connectivity index (χ1n) is 16.6. The summed E-state index contributed by atoms with van der Waals surface area (Å²) < 4.78 is 34.7. The van der Waals surface area contributed by atoms with Gasteiger partial charge in [0.2, 0.25) is 5.91 Å².